The van der Waals surface area contributed by atoms with Crippen molar-refractivity contribution in [3.05, 3.63) is 65.3 Å². The van der Waals surface area contributed by atoms with Gasteiger partial charge in [0.05, 0.1) is 24.5 Å². The van der Waals surface area contributed by atoms with Crippen molar-refractivity contribution in [2.45, 2.75) is 19.4 Å². The minimum absolute atomic E-state index is 0.0114. The van der Waals surface area contributed by atoms with Crippen LogP contribution < -0.4 is 4.74 Å². The third kappa shape index (κ3) is 3.59. The van der Waals surface area contributed by atoms with Crippen LogP contribution in [0, 0.1) is 0 Å². The number of aliphatic hydroxyl groups is 2. The average molecular weight is 371 g/mol. The monoisotopic (exact) mass is 371 g/mol. The van der Waals surface area contributed by atoms with Gasteiger partial charge >= 0.3 is 0 Å². The van der Waals surface area contributed by atoms with Gasteiger partial charge in [-0.3, -0.25) is 9.59 Å². The molecule has 0 aliphatic carbocycles. The summed E-state index contributed by atoms with van der Waals surface area (Å²) >= 11 is 0. The molecule has 0 radical (unpaired) electrons. The molecule has 2 aromatic rings. The molecular weight excluding hydrogens is 350 g/mol. The second kappa shape index (κ2) is 8.09. The van der Waals surface area contributed by atoms with E-state index in [1.165, 1.54) is 17.2 Å². The topological polar surface area (TPSA) is 100 Å². The normalized spacial score (nSPS) is 16.9. The molecule has 1 aromatic carbocycles. The van der Waals surface area contributed by atoms with Crippen LogP contribution in [0.25, 0.3) is 0 Å². The van der Waals surface area contributed by atoms with Crippen molar-refractivity contribution < 1.29 is 29.0 Å². The van der Waals surface area contributed by atoms with Gasteiger partial charge in [0.2, 0.25) is 5.78 Å². The van der Waals surface area contributed by atoms with E-state index < -0.39 is 23.5 Å². The first kappa shape index (κ1) is 18.7. The van der Waals surface area contributed by atoms with Crippen molar-refractivity contribution in [2.24, 2.45) is 0 Å². The molecule has 27 heavy (non-hydrogen) atoms. The number of hydrogen-bond acceptors (Lipinski definition) is 6. The molecule has 0 fully saturated rings. The molecule has 1 aliphatic rings. The van der Waals surface area contributed by atoms with Gasteiger partial charge in [-0.25, -0.2) is 0 Å². The molecule has 2 N–H and O–H groups in total. The Morgan fingerprint density at radius 2 is 2.11 bits per heavy atom. The standard InChI is InChI=1S/C20H21NO6/c1-2-8-21-17(13-5-3-6-14(12-13)26-11-9-22)16(19(24)20(21)25)18(23)15-7-4-10-27-15/h3-7,10,12,17,22,24H,2,8-9,11H2,1H3. The first-order valence-electron chi connectivity index (χ1n) is 8.74. The SMILES string of the molecule is CCCN1C(=O)C(O)=C(C(=O)c2ccco2)C1c1cccc(OCCO)c1. The highest BCUT2D eigenvalue weighted by molar-refractivity contribution is 6.15. The number of carbonyl (C=O) groups excluding carboxylic acids is 2. The minimum atomic E-state index is -0.743. The summed E-state index contributed by atoms with van der Waals surface area (Å²) in [6.45, 7) is 2.29. The zero-order valence-corrected chi connectivity index (χ0v) is 14.9. The molecule has 7 nitrogen and oxygen atoms in total. The Balaban J connectivity index is 2.04. The maximum Gasteiger partial charge on any atom is 0.290 e. The van der Waals surface area contributed by atoms with Gasteiger partial charge in [-0.05, 0) is 36.2 Å². The van der Waals surface area contributed by atoms with E-state index in [4.69, 9.17) is 14.3 Å². The fraction of sp³-hybridized carbons (Fsp3) is 0.300. The summed E-state index contributed by atoms with van der Waals surface area (Å²) in [5.74, 6) is -1.12. The van der Waals surface area contributed by atoms with Gasteiger partial charge in [0.1, 0.15) is 12.4 Å². The molecule has 0 saturated heterocycles. The van der Waals surface area contributed by atoms with Crippen LogP contribution in [0.15, 0.2) is 58.4 Å². The highest BCUT2D eigenvalue weighted by Crippen LogP contribution is 2.39. The summed E-state index contributed by atoms with van der Waals surface area (Å²) in [5, 5.41) is 19.4. The number of benzene rings is 1. The third-order valence-corrected chi connectivity index (χ3v) is 4.29. The Morgan fingerprint density at radius 1 is 1.30 bits per heavy atom. The predicted octanol–water partition coefficient (Wildman–Crippen LogP) is 2.64. The van der Waals surface area contributed by atoms with Crippen molar-refractivity contribution in [2.75, 3.05) is 19.8 Å². The van der Waals surface area contributed by atoms with Gasteiger partial charge in [-0.1, -0.05) is 19.1 Å². The van der Waals surface area contributed by atoms with Crippen molar-refractivity contribution in [1.82, 2.24) is 4.90 Å². The molecule has 0 spiro atoms. The average Bonchev–Trinajstić information content (AvgIpc) is 3.29. The molecular formula is C20H21NO6. The molecule has 1 aromatic heterocycles. The second-order valence-corrected chi connectivity index (χ2v) is 6.11. The second-order valence-electron chi connectivity index (χ2n) is 6.11. The minimum Gasteiger partial charge on any atom is -0.503 e. The van der Waals surface area contributed by atoms with Crippen molar-refractivity contribution >= 4 is 11.7 Å². The van der Waals surface area contributed by atoms with E-state index in [-0.39, 0.29) is 24.5 Å². The van der Waals surface area contributed by atoms with Gasteiger partial charge in [0.15, 0.2) is 11.5 Å². The van der Waals surface area contributed by atoms with Crippen molar-refractivity contribution in [3.63, 3.8) is 0 Å². The molecule has 2 heterocycles. The molecule has 0 bridgehead atoms. The number of ketones is 1. The lowest BCUT2D eigenvalue weighted by atomic mass is 9.95. The first-order valence-corrected chi connectivity index (χ1v) is 8.74. The van der Waals surface area contributed by atoms with Crippen LogP contribution >= 0.6 is 0 Å². The summed E-state index contributed by atoms with van der Waals surface area (Å²) in [7, 11) is 0. The maximum atomic E-state index is 12.9. The van der Waals surface area contributed by atoms with Crippen molar-refractivity contribution in [3.8, 4) is 5.75 Å². The van der Waals surface area contributed by atoms with Gasteiger partial charge in [0, 0.05) is 6.54 Å². The van der Waals surface area contributed by atoms with Crippen LogP contribution in [-0.2, 0) is 4.79 Å². The van der Waals surface area contributed by atoms with Crippen LogP contribution in [0.1, 0.15) is 35.5 Å². The molecule has 3 rings (SSSR count). The van der Waals surface area contributed by atoms with E-state index in [9.17, 15) is 14.7 Å². The first-order chi connectivity index (χ1) is 13.1. The number of hydrogen-bond donors (Lipinski definition) is 2. The van der Waals surface area contributed by atoms with Crippen LogP contribution in [0.3, 0.4) is 0 Å². The Labute approximate surface area is 156 Å². The number of ether oxygens (including phenoxy) is 1. The number of amides is 1. The van der Waals surface area contributed by atoms with Crippen molar-refractivity contribution in [1.29, 1.82) is 0 Å². The van der Waals surface area contributed by atoms with Crippen LogP contribution in [-0.4, -0.2) is 46.6 Å². The Hall–Kier alpha value is -3.06. The lowest BCUT2D eigenvalue weighted by Crippen LogP contribution is -2.31. The maximum absolute atomic E-state index is 12.9. The fourth-order valence-electron chi connectivity index (χ4n) is 3.18. The fourth-order valence-corrected chi connectivity index (χ4v) is 3.18. The van der Waals surface area contributed by atoms with E-state index in [0.29, 0.717) is 24.3 Å². The van der Waals surface area contributed by atoms with E-state index in [1.807, 2.05) is 6.92 Å². The largest absolute Gasteiger partial charge is 0.503 e. The third-order valence-electron chi connectivity index (χ3n) is 4.29. The van der Waals surface area contributed by atoms with E-state index in [0.717, 1.165) is 0 Å². The zero-order chi connectivity index (χ0) is 19.4. The summed E-state index contributed by atoms with van der Waals surface area (Å²) < 4.78 is 10.6. The molecule has 1 atom stereocenters. The number of furan rings is 1. The van der Waals surface area contributed by atoms with Gasteiger partial charge in [-0.2, -0.15) is 0 Å². The van der Waals surface area contributed by atoms with Gasteiger partial charge in [-0.15, -0.1) is 0 Å². The zero-order valence-electron chi connectivity index (χ0n) is 14.9. The number of carbonyl (C=O) groups is 2. The molecule has 7 heteroatoms. The predicted molar refractivity (Wildman–Crippen MR) is 96.5 cm³/mol. The van der Waals surface area contributed by atoms with Gasteiger partial charge in [0.25, 0.3) is 5.91 Å². The smallest absolute Gasteiger partial charge is 0.290 e. The van der Waals surface area contributed by atoms with E-state index >= 15 is 0 Å². The lowest BCUT2D eigenvalue weighted by molar-refractivity contribution is -0.129. The van der Waals surface area contributed by atoms with Gasteiger partial charge < -0.3 is 24.3 Å². The Kier molecular flexibility index (Phi) is 5.61. The van der Waals surface area contributed by atoms with Crippen LogP contribution in [0.2, 0.25) is 0 Å². The molecule has 0 saturated carbocycles. The highest BCUT2D eigenvalue weighted by atomic mass is 16.5. The number of aliphatic hydroxyl groups excluding tert-OH is 2. The number of nitrogens with zero attached hydrogens (tertiary/aromatic N) is 1. The summed E-state index contributed by atoms with van der Waals surface area (Å²) in [4.78, 5) is 27.0. The van der Waals surface area contributed by atoms with Crippen LogP contribution in [0.4, 0.5) is 0 Å². The summed E-state index contributed by atoms with van der Waals surface area (Å²) in [6, 6.07) is 9.24. The number of Topliss-reactive ketones (excluding diaryl/α,β-unsaturated/α-hetero) is 1. The van der Waals surface area contributed by atoms with E-state index in [2.05, 4.69) is 0 Å². The quantitative estimate of drug-likeness (QED) is 0.692. The summed E-state index contributed by atoms with van der Waals surface area (Å²) in [5.41, 5.74) is 0.619. The van der Waals surface area contributed by atoms with E-state index in [1.54, 1.807) is 30.3 Å². The lowest BCUT2D eigenvalue weighted by Gasteiger charge is -2.26. The summed E-state index contributed by atoms with van der Waals surface area (Å²) in [6.07, 6.45) is 2.03. The molecule has 142 valence electrons. The molecule has 1 amide bonds. The Morgan fingerprint density at radius 3 is 2.78 bits per heavy atom. The Bertz CT molecular complexity index is 855. The highest BCUT2D eigenvalue weighted by Gasteiger charge is 2.44. The molecule has 1 aliphatic heterocycles. The van der Waals surface area contributed by atoms with Crippen LogP contribution in [0.5, 0.6) is 5.75 Å². The molecule has 1 unspecified atom stereocenters. The number of rotatable bonds is 8.